The minimum Gasteiger partial charge on any atom is -0.350 e. The number of amides is 2. The summed E-state index contributed by atoms with van der Waals surface area (Å²) in [6.45, 7) is 7.08. The zero-order chi connectivity index (χ0) is 23.2. The van der Waals surface area contributed by atoms with Crippen LogP contribution in [0.25, 0.3) is 0 Å². The standard InChI is InChI=1S/C24H33BrN2O6/c1-14-4-9-19-15(2)20(29-13-12-26-22(28)27-17-7-5-16(25)6-8-17)30-21-24(19)18(14)10-11-23(3,31-21)32-33-24/h5-8,14-15,18-21H,4,9-13H2,1-3H3,(H2,26,27,28)/t14-,15-,18+,19+,20-,21-,23-,24-/m1/s1. The van der Waals surface area contributed by atoms with E-state index in [1.165, 1.54) is 0 Å². The number of carbonyl (C=O) groups excluding carboxylic acids is 1. The maximum absolute atomic E-state index is 12.2. The predicted molar refractivity (Wildman–Crippen MR) is 124 cm³/mol. The molecule has 1 spiro atoms. The molecule has 182 valence electrons. The molecule has 5 fully saturated rings. The zero-order valence-corrected chi connectivity index (χ0v) is 20.9. The molecule has 0 unspecified atom stereocenters. The van der Waals surface area contributed by atoms with E-state index in [0.29, 0.717) is 25.0 Å². The van der Waals surface area contributed by atoms with Crippen molar-refractivity contribution in [2.24, 2.45) is 23.7 Å². The second kappa shape index (κ2) is 9.09. The van der Waals surface area contributed by atoms with Crippen LogP contribution in [-0.4, -0.2) is 43.2 Å². The highest BCUT2D eigenvalue weighted by molar-refractivity contribution is 9.10. The molecule has 8 atom stereocenters. The van der Waals surface area contributed by atoms with Crippen LogP contribution in [0.5, 0.6) is 0 Å². The van der Waals surface area contributed by atoms with Crippen LogP contribution in [0.1, 0.15) is 46.5 Å². The lowest BCUT2D eigenvalue weighted by atomic mass is 9.58. The Morgan fingerprint density at radius 3 is 2.73 bits per heavy atom. The molecule has 6 rings (SSSR count). The molecule has 1 aromatic rings. The van der Waals surface area contributed by atoms with Gasteiger partial charge in [0, 0.05) is 35.0 Å². The van der Waals surface area contributed by atoms with Crippen molar-refractivity contribution in [3.63, 3.8) is 0 Å². The van der Waals surface area contributed by atoms with Crippen LogP contribution in [-0.2, 0) is 24.0 Å². The molecule has 9 heteroatoms. The Morgan fingerprint density at radius 1 is 1.15 bits per heavy atom. The van der Waals surface area contributed by atoms with Crippen LogP contribution in [0.15, 0.2) is 28.7 Å². The third kappa shape index (κ3) is 4.32. The van der Waals surface area contributed by atoms with Crippen LogP contribution in [0.2, 0.25) is 0 Å². The van der Waals surface area contributed by atoms with Gasteiger partial charge in [-0.15, -0.1) is 0 Å². The zero-order valence-electron chi connectivity index (χ0n) is 19.3. The monoisotopic (exact) mass is 524 g/mol. The Hall–Kier alpha value is -1.23. The number of hydrogen-bond donors (Lipinski definition) is 2. The second-order valence-corrected chi connectivity index (χ2v) is 10.9. The van der Waals surface area contributed by atoms with E-state index in [2.05, 4.69) is 40.4 Å². The number of anilines is 1. The van der Waals surface area contributed by atoms with Gasteiger partial charge < -0.3 is 24.8 Å². The minimum atomic E-state index is -0.796. The van der Waals surface area contributed by atoms with E-state index in [0.717, 1.165) is 35.8 Å². The summed E-state index contributed by atoms with van der Waals surface area (Å²) < 4.78 is 19.8. The molecule has 1 saturated carbocycles. The van der Waals surface area contributed by atoms with E-state index in [9.17, 15) is 4.79 Å². The normalized spacial score (nSPS) is 41.7. The first-order valence-corrected chi connectivity index (χ1v) is 12.7. The Morgan fingerprint density at radius 2 is 1.94 bits per heavy atom. The van der Waals surface area contributed by atoms with Crippen molar-refractivity contribution in [2.75, 3.05) is 18.5 Å². The Labute approximate surface area is 203 Å². The average molecular weight is 525 g/mol. The minimum absolute atomic E-state index is 0.113. The number of benzene rings is 1. The molecule has 2 amide bonds. The van der Waals surface area contributed by atoms with Gasteiger partial charge in [-0.25, -0.2) is 14.6 Å². The molecule has 1 aromatic carbocycles. The maximum atomic E-state index is 12.2. The maximum Gasteiger partial charge on any atom is 0.319 e. The van der Waals surface area contributed by atoms with Gasteiger partial charge in [-0.3, -0.25) is 0 Å². The van der Waals surface area contributed by atoms with Crippen molar-refractivity contribution in [1.82, 2.24) is 5.32 Å². The van der Waals surface area contributed by atoms with Crippen molar-refractivity contribution >= 4 is 27.6 Å². The molecule has 4 aliphatic heterocycles. The Balaban J connectivity index is 1.19. The summed E-state index contributed by atoms with van der Waals surface area (Å²) in [6, 6.07) is 7.14. The summed E-state index contributed by atoms with van der Waals surface area (Å²) >= 11 is 3.38. The number of ether oxygens (including phenoxy) is 3. The van der Waals surface area contributed by atoms with Crippen molar-refractivity contribution in [3.8, 4) is 0 Å². The van der Waals surface area contributed by atoms with E-state index in [1.807, 2.05) is 31.2 Å². The summed E-state index contributed by atoms with van der Waals surface area (Å²) in [5, 5.41) is 5.64. The number of urea groups is 1. The highest BCUT2D eigenvalue weighted by Crippen LogP contribution is 2.60. The van der Waals surface area contributed by atoms with Crippen LogP contribution in [0.4, 0.5) is 10.5 Å². The fraction of sp³-hybridized carbons (Fsp3) is 0.708. The van der Waals surface area contributed by atoms with Crippen molar-refractivity contribution < 1.29 is 28.8 Å². The van der Waals surface area contributed by atoms with E-state index in [1.54, 1.807) is 0 Å². The Bertz CT molecular complexity index is 871. The van der Waals surface area contributed by atoms with Crippen molar-refractivity contribution in [3.05, 3.63) is 28.7 Å². The van der Waals surface area contributed by atoms with Gasteiger partial charge in [0.1, 0.15) is 0 Å². The van der Waals surface area contributed by atoms with Gasteiger partial charge >= 0.3 is 6.03 Å². The van der Waals surface area contributed by atoms with Crippen LogP contribution < -0.4 is 10.6 Å². The second-order valence-electron chi connectivity index (χ2n) is 10.0. The molecule has 0 radical (unpaired) electrons. The molecule has 1 aliphatic carbocycles. The van der Waals surface area contributed by atoms with Gasteiger partial charge in [0.05, 0.1) is 6.61 Å². The first-order valence-electron chi connectivity index (χ1n) is 11.9. The topological polar surface area (TPSA) is 87.3 Å². The number of fused-ring (bicyclic) bond motifs is 2. The summed E-state index contributed by atoms with van der Waals surface area (Å²) in [5.41, 5.74) is 0.138. The van der Waals surface area contributed by atoms with Gasteiger partial charge in [-0.05, 0) is 62.3 Å². The molecular weight excluding hydrogens is 492 g/mol. The van der Waals surface area contributed by atoms with Gasteiger partial charge in [0.25, 0.3) is 0 Å². The summed E-state index contributed by atoms with van der Waals surface area (Å²) in [6.07, 6.45) is 3.01. The van der Waals surface area contributed by atoms with Crippen LogP contribution in [0.3, 0.4) is 0 Å². The molecule has 8 nitrogen and oxygen atoms in total. The number of rotatable bonds is 5. The SMILES string of the molecule is C[C@H]1[C@H](OCCNC(=O)Nc2ccc(Br)cc2)O[C@@H]2O[C@@]3(C)CC[C@H]4[C@H](C)CC[C@@H]1[C@@]24OO3. The van der Waals surface area contributed by atoms with Crippen molar-refractivity contribution in [2.45, 2.75) is 70.4 Å². The van der Waals surface area contributed by atoms with E-state index in [-0.39, 0.29) is 17.9 Å². The molecule has 2 bridgehead atoms. The van der Waals surface area contributed by atoms with Gasteiger partial charge in [-0.2, -0.15) is 0 Å². The third-order valence-electron chi connectivity index (χ3n) is 7.87. The lowest BCUT2D eigenvalue weighted by Gasteiger charge is -2.60. The summed E-state index contributed by atoms with van der Waals surface area (Å²) in [7, 11) is 0. The molecular formula is C24H33BrN2O6. The lowest BCUT2D eigenvalue weighted by molar-refractivity contribution is -0.577. The van der Waals surface area contributed by atoms with E-state index >= 15 is 0 Å². The predicted octanol–water partition coefficient (Wildman–Crippen LogP) is 4.80. The quantitative estimate of drug-likeness (QED) is 0.425. The molecule has 4 saturated heterocycles. The Kier molecular flexibility index (Phi) is 6.48. The fourth-order valence-electron chi connectivity index (χ4n) is 6.11. The van der Waals surface area contributed by atoms with Crippen molar-refractivity contribution in [1.29, 1.82) is 0 Å². The average Bonchev–Trinajstić information content (AvgIpc) is 3.02. The highest BCUT2D eigenvalue weighted by atomic mass is 79.9. The largest absolute Gasteiger partial charge is 0.350 e. The smallest absolute Gasteiger partial charge is 0.319 e. The van der Waals surface area contributed by atoms with Crippen LogP contribution >= 0.6 is 15.9 Å². The summed E-state index contributed by atoms with van der Waals surface area (Å²) in [5.74, 6) is 0.396. The highest BCUT2D eigenvalue weighted by Gasteiger charge is 2.69. The number of nitrogens with one attached hydrogen (secondary N) is 2. The molecule has 2 N–H and O–H groups in total. The van der Waals surface area contributed by atoms with Crippen LogP contribution in [0, 0.1) is 23.7 Å². The summed E-state index contributed by atoms with van der Waals surface area (Å²) in [4.78, 5) is 24.2. The molecule has 33 heavy (non-hydrogen) atoms. The first kappa shape index (κ1) is 23.5. The van der Waals surface area contributed by atoms with Gasteiger partial charge in [-0.1, -0.05) is 29.8 Å². The van der Waals surface area contributed by atoms with Gasteiger partial charge in [0.2, 0.25) is 5.79 Å². The molecule has 0 aromatic heterocycles. The lowest BCUT2D eigenvalue weighted by Crippen LogP contribution is -2.70. The number of carbonyl (C=O) groups is 1. The number of hydrogen-bond acceptors (Lipinski definition) is 6. The molecule has 4 heterocycles. The number of halogens is 1. The van der Waals surface area contributed by atoms with E-state index < -0.39 is 24.0 Å². The fourth-order valence-corrected chi connectivity index (χ4v) is 6.38. The molecule has 5 aliphatic rings. The third-order valence-corrected chi connectivity index (χ3v) is 8.40. The van der Waals surface area contributed by atoms with Gasteiger partial charge in [0.15, 0.2) is 18.2 Å². The van der Waals surface area contributed by atoms with E-state index in [4.69, 9.17) is 24.0 Å². The first-order chi connectivity index (χ1) is 15.8.